The highest BCUT2D eigenvalue weighted by molar-refractivity contribution is 14.1. The molecule has 1 amide bonds. The van der Waals surface area contributed by atoms with Gasteiger partial charge in [-0.3, -0.25) is 9.63 Å². The van der Waals surface area contributed by atoms with Crippen LogP contribution in [-0.4, -0.2) is 25.1 Å². The highest BCUT2D eigenvalue weighted by Gasteiger charge is 2.14. The topological polar surface area (TPSA) is 29.5 Å². The Bertz CT molecular complexity index is 357. The molecule has 0 aliphatic rings. The summed E-state index contributed by atoms with van der Waals surface area (Å²) in [5.41, 5.74) is 0.629. The fraction of sp³-hybridized carbons (Fsp3) is 0.222. The van der Waals surface area contributed by atoms with E-state index in [1.54, 1.807) is 13.1 Å². The number of benzene rings is 1. The lowest BCUT2D eigenvalue weighted by Crippen LogP contribution is -2.26. The van der Waals surface area contributed by atoms with E-state index in [1.165, 1.54) is 12.2 Å². The van der Waals surface area contributed by atoms with Crippen LogP contribution in [0.4, 0.5) is 0 Å². The van der Waals surface area contributed by atoms with E-state index < -0.39 is 0 Å². The summed E-state index contributed by atoms with van der Waals surface area (Å²) in [4.78, 5) is 16.6. The monoisotopic (exact) mass is 369 g/mol. The maximum Gasteiger partial charge on any atom is 0.278 e. The maximum absolute atomic E-state index is 11.7. The molecule has 0 heterocycles. The van der Waals surface area contributed by atoms with Gasteiger partial charge < -0.3 is 0 Å². The van der Waals surface area contributed by atoms with Crippen molar-refractivity contribution < 1.29 is 9.63 Å². The SMILES string of the molecule is CON(C)C(=O)c1cc(Br)ccc1I. The van der Waals surface area contributed by atoms with Gasteiger partial charge in [0.05, 0.1) is 12.7 Å². The first kappa shape index (κ1) is 11.9. The number of carbonyl (C=O) groups is 1. The Hall–Kier alpha value is -0.140. The Morgan fingerprint density at radius 1 is 1.57 bits per heavy atom. The molecule has 5 heteroatoms. The number of halogens is 2. The van der Waals surface area contributed by atoms with Crippen LogP contribution in [-0.2, 0) is 4.84 Å². The van der Waals surface area contributed by atoms with Crippen LogP contribution in [0.5, 0.6) is 0 Å². The van der Waals surface area contributed by atoms with E-state index in [-0.39, 0.29) is 5.91 Å². The first-order valence-electron chi connectivity index (χ1n) is 3.83. The molecule has 0 unspecified atom stereocenters. The highest BCUT2D eigenvalue weighted by Crippen LogP contribution is 2.19. The van der Waals surface area contributed by atoms with Crippen molar-refractivity contribution in [1.29, 1.82) is 0 Å². The Morgan fingerprint density at radius 3 is 2.79 bits per heavy atom. The largest absolute Gasteiger partial charge is 0.278 e. The Kier molecular flexibility index (Phi) is 4.33. The standard InChI is InChI=1S/C9H9BrINO2/c1-12(14-2)9(13)7-5-6(10)3-4-8(7)11/h3-5H,1-2H3. The first-order chi connectivity index (χ1) is 6.56. The molecule has 76 valence electrons. The summed E-state index contributed by atoms with van der Waals surface area (Å²) in [6, 6.07) is 5.55. The van der Waals surface area contributed by atoms with Crippen molar-refractivity contribution in [3.8, 4) is 0 Å². The molecule has 0 bridgehead atoms. The summed E-state index contributed by atoms with van der Waals surface area (Å²) in [6.07, 6.45) is 0. The van der Waals surface area contributed by atoms with E-state index in [1.807, 2.05) is 12.1 Å². The van der Waals surface area contributed by atoms with Crippen molar-refractivity contribution in [2.75, 3.05) is 14.2 Å². The molecule has 1 aromatic rings. The average Bonchev–Trinajstić information content (AvgIpc) is 2.19. The molecular weight excluding hydrogens is 361 g/mol. The zero-order chi connectivity index (χ0) is 10.7. The van der Waals surface area contributed by atoms with Crippen LogP contribution in [0.25, 0.3) is 0 Å². The second-order valence-electron chi connectivity index (χ2n) is 2.61. The number of rotatable bonds is 2. The smallest absolute Gasteiger partial charge is 0.274 e. The zero-order valence-electron chi connectivity index (χ0n) is 7.75. The van der Waals surface area contributed by atoms with Crippen LogP contribution in [0.3, 0.4) is 0 Å². The molecule has 0 saturated carbocycles. The molecule has 3 nitrogen and oxygen atoms in total. The van der Waals surface area contributed by atoms with Crippen molar-refractivity contribution in [3.05, 3.63) is 31.8 Å². The van der Waals surface area contributed by atoms with Gasteiger partial charge in [-0.05, 0) is 40.8 Å². The number of amides is 1. The zero-order valence-corrected chi connectivity index (χ0v) is 11.5. The molecule has 0 radical (unpaired) electrons. The molecular formula is C9H9BrINO2. The summed E-state index contributed by atoms with van der Waals surface area (Å²) in [5, 5.41) is 1.20. The lowest BCUT2D eigenvalue weighted by Gasteiger charge is -2.14. The predicted octanol–water partition coefficient (Wildman–Crippen LogP) is 2.69. The minimum absolute atomic E-state index is 0.154. The van der Waals surface area contributed by atoms with Crippen molar-refractivity contribution >= 4 is 44.4 Å². The molecule has 0 aliphatic carbocycles. The predicted molar refractivity (Wildman–Crippen MR) is 66.0 cm³/mol. The molecule has 0 spiro atoms. The van der Waals surface area contributed by atoms with Gasteiger partial charge in [-0.25, -0.2) is 5.06 Å². The van der Waals surface area contributed by atoms with Crippen molar-refractivity contribution in [2.24, 2.45) is 0 Å². The van der Waals surface area contributed by atoms with E-state index in [4.69, 9.17) is 4.84 Å². The number of carbonyl (C=O) groups excluding carboxylic acids is 1. The molecule has 0 aliphatic heterocycles. The third kappa shape index (κ3) is 2.68. The minimum Gasteiger partial charge on any atom is -0.274 e. The van der Waals surface area contributed by atoms with Gasteiger partial charge in [0.15, 0.2) is 0 Å². The molecule has 0 N–H and O–H groups in total. The quantitative estimate of drug-likeness (QED) is 0.592. The van der Waals surface area contributed by atoms with Gasteiger partial charge in [0.1, 0.15) is 0 Å². The van der Waals surface area contributed by atoms with Crippen LogP contribution >= 0.6 is 38.5 Å². The first-order valence-corrected chi connectivity index (χ1v) is 5.70. The number of hydroxylamine groups is 2. The van der Waals surface area contributed by atoms with Gasteiger partial charge in [0, 0.05) is 15.1 Å². The van der Waals surface area contributed by atoms with Crippen LogP contribution < -0.4 is 0 Å². The maximum atomic E-state index is 11.7. The summed E-state index contributed by atoms with van der Waals surface area (Å²) in [6.45, 7) is 0. The molecule has 0 saturated heterocycles. The molecule has 14 heavy (non-hydrogen) atoms. The normalized spacial score (nSPS) is 10.0. The summed E-state index contributed by atoms with van der Waals surface area (Å²) >= 11 is 5.44. The van der Waals surface area contributed by atoms with Crippen LogP contribution in [0.2, 0.25) is 0 Å². The van der Waals surface area contributed by atoms with E-state index in [0.29, 0.717) is 5.56 Å². The van der Waals surface area contributed by atoms with Gasteiger partial charge in [-0.1, -0.05) is 15.9 Å². The second kappa shape index (κ2) is 5.09. The lowest BCUT2D eigenvalue weighted by atomic mass is 10.2. The van der Waals surface area contributed by atoms with Gasteiger partial charge >= 0.3 is 0 Å². The van der Waals surface area contributed by atoms with Crippen LogP contribution in [0.1, 0.15) is 10.4 Å². The Balaban J connectivity index is 3.06. The fourth-order valence-corrected chi connectivity index (χ4v) is 1.84. The molecule has 0 atom stereocenters. The highest BCUT2D eigenvalue weighted by atomic mass is 127. The van der Waals surface area contributed by atoms with Gasteiger partial charge in [0.2, 0.25) is 0 Å². The van der Waals surface area contributed by atoms with E-state index in [9.17, 15) is 4.79 Å². The number of nitrogens with zero attached hydrogens (tertiary/aromatic N) is 1. The van der Waals surface area contributed by atoms with Gasteiger partial charge in [-0.15, -0.1) is 0 Å². The molecule has 0 fully saturated rings. The second-order valence-corrected chi connectivity index (χ2v) is 4.69. The van der Waals surface area contributed by atoms with E-state index in [0.717, 1.165) is 8.04 Å². The van der Waals surface area contributed by atoms with E-state index in [2.05, 4.69) is 38.5 Å². The molecule has 1 rings (SSSR count). The van der Waals surface area contributed by atoms with Crippen LogP contribution in [0, 0.1) is 3.57 Å². The lowest BCUT2D eigenvalue weighted by molar-refractivity contribution is -0.0757. The third-order valence-corrected chi connectivity index (χ3v) is 3.15. The average molecular weight is 370 g/mol. The summed E-state index contributed by atoms with van der Waals surface area (Å²) in [5.74, 6) is -0.154. The summed E-state index contributed by atoms with van der Waals surface area (Å²) < 4.78 is 1.78. The molecule has 1 aromatic carbocycles. The van der Waals surface area contributed by atoms with Crippen LogP contribution in [0.15, 0.2) is 22.7 Å². The third-order valence-electron chi connectivity index (χ3n) is 1.72. The fourth-order valence-electron chi connectivity index (χ4n) is 0.914. The molecule has 0 aromatic heterocycles. The van der Waals surface area contributed by atoms with Crippen molar-refractivity contribution in [2.45, 2.75) is 0 Å². The number of hydrogen-bond donors (Lipinski definition) is 0. The Labute approximate surface area is 105 Å². The van der Waals surface area contributed by atoms with Crippen molar-refractivity contribution in [1.82, 2.24) is 5.06 Å². The minimum atomic E-state index is -0.154. The van der Waals surface area contributed by atoms with Crippen molar-refractivity contribution in [3.63, 3.8) is 0 Å². The van der Waals surface area contributed by atoms with E-state index >= 15 is 0 Å². The van der Waals surface area contributed by atoms with Gasteiger partial charge in [-0.2, -0.15) is 0 Å². The Morgan fingerprint density at radius 2 is 2.21 bits per heavy atom. The van der Waals surface area contributed by atoms with Gasteiger partial charge in [0.25, 0.3) is 5.91 Å². The number of hydrogen-bond acceptors (Lipinski definition) is 2. The summed E-state index contributed by atoms with van der Waals surface area (Å²) in [7, 11) is 3.04.